The summed E-state index contributed by atoms with van der Waals surface area (Å²) in [6.45, 7) is 1.11. The van der Waals surface area contributed by atoms with Crippen LogP contribution in [-0.4, -0.2) is 59.2 Å². The van der Waals surface area contributed by atoms with Crippen molar-refractivity contribution in [2.24, 2.45) is 0 Å². The molecule has 0 fully saturated rings. The quantitative estimate of drug-likeness (QED) is 0.265. The van der Waals surface area contributed by atoms with Crippen LogP contribution in [0.5, 0.6) is 5.88 Å². The molecule has 0 amide bonds. The van der Waals surface area contributed by atoms with E-state index in [9.17, 15) is 19.5 Å². The minimum Gasteiger partial charge on any atom is -0.618 e. The molecule has 0 aliphatic heterocycles. The standard InChI is InChI=1S/C11H6FN3O3.C5H14NO/c12-7-2-5-1-6-4-13-14-11(17)10(6)15(18)8(5)3-9(7)16;1-6(2,3)4-5-7/h1-4,13H,(H,14,17);7H,4-5H2,1-3H3/q;+1. The number of rotatable bonds is 2. The largest absolute Gasteiger partial charge is 0.618 e. The highest BCUT2D eigenvalue weighted by Gasteiger charge is 2.17. The molecule has 0 spiro atoms. The zero-order valence-corrected chi connectivity index (χ0v) is 14.2. The number of aliphatic hydroxyl groups is 1. The Morgan fingerprint density at radius 1 is 1.28 bits per heavy atom. The number of aliphatic hydroxyl groups excluding tert-OH is 1. The number of nitrogens with one attached hydrogen (secondary N) is 1. The second kappa shape index (κ2) is 6.99. The van der Waals surface area contributed by atoms with E-state index in [1.165, 1.54) is 12.3 Å². The second-order valence-electron chi connectivity index (χ2n) is 6.53. The lowest BCUT2D eigenvalue weighted by Gasteiger charge is -2.21. The number of fused-ring (bicyclic) bond motifs is 2. The van der Waals surface area contributed by atoms with Gasteiger partial charge in [-0.3, -0.25) is 9.89 Å². The molecule has 0 bridgehead atoms. The van der Waals surface area contributed by atoms with Crippen LogP contribution in [0.4, 0.5) is 4.39 Å². The highest BCUT2D eigenvalue weighted by molar-refractivity contribution is 5.89. The number of benzene rings is 1. The molecular weight excluding hydrogens is 331 g/mol. The predicted octanol–water partition coefficient (Wildman–Crippen LogP) is 0.239. The third-order valence-electron chi connectivity index (χ3n) is 3.46. The van der Waals surface area contributed by atoms with Crippen LogP contribution in [0, 0.1) is 11.0 Å². The smallest absolute Gasteiger partial charge is 0.304 e. The predicted molar refractivity (Wildman–Crippen MR) is 90.4 cm³/mol. The third-order valence-corrected chi connectivity index (χ3v) is 3.46. The number of quaternary nitrogens is 1. The van der Waals surface area contributed by atoms with Crippen molar-refractivity contribution in [2.75, 3.05) is 34.3 Å². The van der Waals surface area contributed by atoms with Gasteiger partial charge >= 0.3 is 5.88 Å². The number of halogens is 1. The van der Waals surface area contributed by atoms with Crippen molar-refractivity contribution in [3.8, 4) is 5.88 Å². The molecule has 1 aromatic carbocycles. The summed E-state index contributed by atoms with van der Waals surface area (Å²) in [7, 11) is 6.16. The number of H-pyrrole nitrogens is 1. The Bertz CT molecular complexity index is 966. The summed E-state index contributed by atoms with van der Waals surface area (Å²) in [6, 6.07) is 3.37. The Morgan fingerprint density at radius 3 is 2.52 bits per heavy atom. The van der Waals surface area contributed by atoms with Crippen LogP contribution in [0.25, 0.3) is 21.8 Å². The molecular formula is C16H20FN4O4+. The lowest BCUT2D eigenvalue weighted by atomic mass is 10.1. The zero-order valence-electron chi connectivity index (χ0n) is 14.2. The molecule has 0 aliphatic carbocycles. The summed E-state index contributed by atoms with van der Waals surface area (Å²) in [5.41, 5.74) is -0.967. The molecule has 2 aromatic heterocycles. The van der Waals surface area contributed by atoms with Gasteiger partial charge in [0.05, 0.1) is 44.6 Å². The van der Waals surface area contributed by atoms with E-state index in [1.807, 2.05) is 0 Å². The SMILES string of the molecule is C[N+](C)(C)CCO.O=c1cc2c(cc1F)cc1c[nH]nc(O)c1[n+]2[O-]. The maximum atomic E-state index is 13.2. The van der Waals surface area contributed by atoms with E-state index in [2.05, 4.69) is 31.3 Å². The number of nitrogens with zero attached hydrogens (tertiary/aromatic N) is 3. The number of aromatic hydroxyl groups is 1. The van der Waals surface area contributed by atoms with Crippen LogP contribution < -0.4 is 10.2 Å². The maximum Gasteiger partial charge on any atom is 0.304 e. The van der Waals surface area contributed by atoms with Crippen LogP contribution in [0.2, 0.25) is 0 Å². The van der Waals surface area contributed by atoms with Gasteiger partial charge < -0.3 is 19.9 Å². The van der Waals surface area contributed by atoms with Crippen LogP contribution in [0.1, 0.15) is 0 Å². The normalized spacial score (nSPS) is 11.4. The number of hydrogen-bond donors (Lipinski definition) is 3. The Balaban J connectivity index is 0.000000277. The summed E-state index contributed by atoms with van der Waals surface area (Å²) >= 11 is 0. The first-order valence-corrected chi connectivity index (χ1v) is 7.48. The first kappa shape index (κ1) is 18.6. The average Bonchev–Trinajstić information content (AvgIpc) is 2.49. The lowest BCUT2D eigenvalue weighted by molar-refractivity contribution is -0.870. The fourth-order valence-electron chi connectivity index (χ4n) is 2.17. The van der Waals surface area contributed by atoms with E-state index in [0.29, 0.717) is 10.1 Å². The van der Waals surface area contributed by atoms with E-state index in [0.717, 1.165) is 23.2 Å². The van der Waals surface area contributed by atoms with E-state index in [1.54, 1.807) is 0 Å². The van der Waals surface area contributed by atoms with Gasteiger partial charge in [-0.25, -0.2) is 4.39 Å². The molecule has 8 nitrogen and oxygen atoms in total. The van der Waals surface area contributed by atoms with E-state index in [4.69, 9.17) is 5.11 Å². The van der Waals surface area contributed by atoms with Crippen LogP contribution in [-0.2, 0) is 0 Å². The maximum absolute atomic E-state index is 13.2. The molecule has 9 heteroatoms. The fraction of sp³-hybridized carbons (Fsp3) is 0.312. The summed E-state index contributed by atoms with van der Waals surface area (Å²) in [5, 5.41) is 36.4. The zero-order chi connectivity index (χ0) is 18.8. The van der Waals surface area contributed by atoms with Crippen molar-refractivity contribution in [2.45, 2.75) is 0 Å². The monoisotopic (exact) mass is 351 g/mol. The summed E-state index contributed by atoms with van der Waals surface area (Å²) in [6.07, 6.45) is 1.39. The molecule has 0 aliphatic rings. The van der Waals surface area contributed by atoms with Crippen molar-refractivity contribution in [3.05, 3.63) is 45.6 Å². The fourth-order valence-corrected chi connectivity index (χ4v) is 2.17. The van der Waals surface area contributed by atoms with Gasteiger partial charge in [0.15, 0.2) is 5.82 Å². The molecule has 3 rings (SSSR count). The van der Waals surface area contributed by atoms with Gasteiger partial charge in [-0.1, -0.05) is 0 Å². The Hall–Kier alpha value is -2.78. The summed E-state index contributed by atoms with van der Waals surface area (Å²) < 4.78 is 14.4. The molecule has 0 saturated heterocycles. The molecule has 3 aromatic rings. The number of aromatic nitrogens is 3. The average molecular weight is 351 g/mol. The minimum atomic E-state index is -0.927. The molecule has 134 valence electrons. The highest BCUT2D eigenvalue weighted by atomic mass is 19.1. The number of likely N-dealkylation sites (N-methyl/N-ethyl adjacent to an activating group) is 1. The first-order valence-electron chi connectivity index (χ1n) is 7.48. The molecule has 0 atom stereocenters. The Morgan fingerprint density at radius 2 is 1.96 bits per heavy atom. The Kier molecular flexibility index (Phi) is 5.19. The van der Waals surface area contributed by atoms with Gasteiger partial charge in [-0.05, 0) is 12.1 Å². The van der Waals surface area contributed by atoms with Gasteiger partial charge in [0.1, 0.15) is 6.54 Å². The summed E-state index contributed by atoms with van der Waals surface area (Å²) in [4.78, 5) is 11.2. The van der Waals surface area contributed by atoms with Gasteiger partial charge in [-0.15, -0.1) is 5.10 Å². The van der Waals surface area contributed by atoms with Gasteiger partial charge in [-0.2, -0.15) is 4.73 Å². The number of aromatic amines is 1. The van der Waals surface area contributed by atoms with Crippen molar-refractivity contribution in [1.29, 1.82) is 0 Å². The lowest BCUT2D eigenvalue weighted by Crippen LogP contribution is -2.36. The highest BCUT2D eigenvalue weighted by Crippen LogP contribution is 2.21. The third kappa shape index (κ3) is 4.20. The number of hydrogen-bond acceptors (Lipinski definition) is 5. The molecule has 0 radical (unpaired) electrons. The van der Waals surface area contributed by atoms with E-state index in [-0.39, 0.29) is 23.0 Å². The van der Waals surface area contributed by atoms with Crippen molar-refractivity contribution in [3.63, 3.8) is 0 Å². The molecule has 0 saturated carbocycles. The Labute approximate surface area is 142 Å². The van der Waals surface area contributed by atoms with Crippen LogP contribution >= 0.6 is 0 Å². The van der Waals surface area contributed by atoms with Crippen LogP contribution in [0.15, 0.2) is 29.2 Å². The van der Waals surface area contributed by atoms with E-state index >= 15 is 0 Å². The van der Waals surface area contributed by atoms with E-state index < -0.39 is 17.1 Å². The molecule has 2 heterocycles. The van der Waals surface area contributed by atoms with Gasteiger partial charge in [0.2, 0.25) is 10.9 Å². The van der Waals surface area contributed by atoms with Crippen molar-refractivity contribution < 1.29 is 23.8 Å². The van der Waals surface area contributed by atoms with Crippen LogP contribution in [0.3, 0.4) is 0 Å². The summed E-state index contributed by atoms with van der Waals surface area (Å²) in [5.74, 6) is -1.41. The molecule has 25 heavy (non-hydrogen) atoms. The topological polar surface area (TPSA) is 113 Å². The molecule has 0 unspecified atom stereocenters. The minimum absolute atomic E-state index is 0.0165. The first-order chi connectivity index (χ1) is 11.6. The number of pyridine rings is 1. The van der Waals surface area contributed by atoms with Crippen molar-refractivity contribution in [1.82, 2.24) is 10.2 Å². The van der Waals surface area contributed by atoms with Gasteiger partial charge in [0, 0.05) is 6.20 Å². The second-order valence-corrected chi connectivity index (χ2v) is 6.53. The molecule has 3 N–H and O–H groups in total. The van der Waals surface area contributed by atoms with Crippen molar-refractivity contribution >= 4 is 21.8 Å². The van der Waals surface area contributed by atoms with Gasteiger partial charge in [0.25, 0.3) is 5.52 Å².